The van der Waals surface area contributed by atoms with E-state index in [0.29, 0.717) is 6.61 Å². The second-order valence-corrected chi connectivity index (χ2v) is 3.25. The molecule has 0 atom stereocenters. The summed E-state index contributed by atoms with van der Waals surface area (Å²) in [5.74, 6) is 3.90. The highest BCUT2D eigenvalue weighted by Crippen LogP contribution is 2.09. The molecule has 0 rings (SSSR count). The van der Waals surface area contributed by atoms with Crippen molar-refractivity contribution in [2.75, 3.05) is 26.4 Å². The van der Waals surface area contributed by atoms with E-state index in [0.717, 1.165) is 0 Å². The highest BCUT2D eigenvalue weighted by atomic mass is 16.6. The molecule has 0 aliphatic rings. The molecule has 0 saturated carbocycles. The van der Waals surface area contributed by atoms with Crippen LogP contribution in [0.1, 0.15) is 12.8 Å². The number of ether oxygens (including phenoxy) is 2. The van der Waals surface area contributed by atoms with Crippen LogP contribution in [0.2, 0.25) is 0 Å². The van der Waals surface area contributed by atoms with E-state index in [1.54, 1.807) is 0 Å². The van der Waals surface area contributed by atoms with Gasteiger partial charge in [0.1, 0.15) is 6.61 Å². The van der Waals surface area contributed by atoms with Crippen LogP contribution >= 0.6 is 0 Å². The van der Waals surface area contributed by atoms with Crippen molar-refractivity contribution >= 4 is 5.97 Å². The molecule has 0 spiro atoms. The second-order valence-electron chi connectivity index (χ2n) is 3.25. The molecule has 0 radical (unpaired) electrons. The zero-order chi connectivity index (χ0) is 13.6. The first-order valence-corrected chi connectivity index (χ1v) is 5.38. The van der Waals surface area contributed by atoms with Gasteiger partial charge in [0.25, 0.3) is 0 Å². The van der Waals surface area contributed by atoms with E-state index in [1.165, 1.54) is 0 Å². The van der Waals surface area contributed by atoms with Gasteiger partial charge in [-0.05, 0) is 5.53 Å². The van der Waals surface area contributed by atoms with Crippen LogP contribution in [0, 0.1) is 30.6 Å². The minimum absolute atomic E-state index is 0.126. The van der Waals surface area contributed by atoms with Crippen LogP contribution in [-0.2, 0) is 14.3 Å². The summed E-state index contributed by atoms with van der Waals surface area (Å²) in [6.07, 6.45) is 10.8. The third-order valence-corrected chi connectivity index (χ3v) is 1.93. The third-order valence-electron chi connectivity index (χ3n) is 1.93. The summed E-state index contributed by atoms with van der Waals surface area (Å²) in [4.78, 5) is 14.1. The lowest BCUT2D eigenvalue weighted by atomic mass is 10.0. The number of rotatable bonds is 9. The zero-order valence-corrected chi connectivity index (χ0v) is 10.0. The van der Waals surface area contributed by atoms with E-state index in [2.05, 4.69) is 21.9 Å². The van der Waals surface area contributed by atoms with Gasteiger partial charge < -0.3 is 9.47 Å². The normalized spacial score (nSPS) is 9.06. The molecule has 18 heavy (non-hydrogen) atoms. The Labute approximate surface area is 106 Å². The average Bonchev–Trinajstić information content (AvgIpc) is 2.37. The first-order valence-electron chi connectivity index (χ1n) is 5.38. The number of hydrogen-bond donors (Lipinski definition) is 0. The zero-order valence-electron chi connectivity index (χ0n) is 10.0. The van der Waals surface area contributed by atoms with Gasteiger partial charge in [0.15, 0.2) is 0 Å². The minimum Gasteiger partial charge on any atom is -0.463 e. The van der Waals surface area contributed by atoms with Crippen molar-refractivity contribution in [2.45, 2.75) is 12.8 Å². The molecule has 0 bridgehead atoms. The van der Waals surface area contributed by atoms with E-state index >= 15 is 0 Å². The van der Waals surface area contributed by atoms with Crippen LogP contribution in [0.15, 0.2) is 5.11 Å². The van der Waals surface area contributed by atoms with Gasteiger partial charge in [0, 0.05) is 24.3 Å². The summed E-state index contributed by atoms with van der Waals surface area (Å²) in [6.45, 7) is 0.910. The van der Waals surface area contributed by atoms with Crippen molar-refractivity contribution in [1.29, 1.82) is 0 Å². The fraction of sp³-hybridized carbons (Fsp3) is 0.583. The van der Waals surface area contributed by atoms with E-state index in [4.69, 9.17) is 27.9 Å². The molecular formula is C12H15N3O3. The average molecular weight is 249 g/mol. The van der Waals surface area contributed by atoms with Gasteiger partial charge in [-0.15, -0.1) is 24.7 Å². The Morgan fingerprint density at radius 3 is 2.50 bits per heavy atom. The van der Waals surface area contributed by atoms with Gasteiger partial charge in [-0.25, -0.2) is 0 Å². The highest BCUT2D eigenvalue weighted by Gasteiger charge is 2.17. The maximum absolute atomic E-state index is 11.5. The highest BCUT2D eigenvalue weighted by molar-refractivity contribution is 5.73. The Kier molecular flexibility index (Phi) is 10.00. The minimum atomic E-state index is -0.455. The fourth-order valence-corrected chi connectivity index (χ4v) is 1.09. The number of hydrogen-bond acceptors (Lipinski definition) is 4. The summed E-state index contributed by atoms with van der Waals surface area (Å²) in [5.41, 5.74) is 8.01. The quantitative estimate of drug-likeness (QED) is 0.155. The molecule has 0 aromatic heterocycles. The van der Waals surface area contributed by atoms with Crippen molar-refractivity contribution in [1.82, 2.24) is 0 Å². The number of carbonyl (C=O) groups excluding carboxylic acids is 1. The van der Waals surface area contributed by atoms with Gasteiger partial charge in [-0.2, -0.15) is 0 Å². The summed E-state index contributed by atoms with van der Waals surface area (Å²) in [5, 5.41) is 3.28. The molecule has 0 aromatic rings. The van der Waals surface area contributed by atoms with Crippen molar-refractivity contribution < 1.29 is 14.3 Å². The Hall–Kier alpha value is -2.14. The monoisotopic (exact) mass is 249 g/mol. The summed E-state index contributed by atoms with van der Waals surface area (Å²) in [6, 6.07) is 0. The standard InChI is InChI=1S/C12H15N3O3/c1-3-5-11(6-4-2)12(16)18-10-9-17-8-7-14-15-13/h1-2,11H,5-10H2. The SMILES string of the molecule is C#CCC(CC#C)C(=O)OCCOCCN=[N+]=[N-]. The van der Waals surface area contributed by atoms with Crippen molar-refractivity contribution in [2.24, 2.45) is 11.0 Å². The molecule has 96 valence electrons. The van der Waals surface area contributed by atoms with Crippen molar-refractivity contribution in [3.05, 3.63) is 10.4 Å². The first-order chi connectivity index (χ1) is 8.76. The van der Waals surface area contributed by atoms with Crippen LogP contribution in [0.3, 0.4) is 0 Å². The lowest BCUT2D eigenvalue weighted by Gasteiger charge is -2.11. The van der Waals surface area contributed by atoms with Crippen LogP contribution in [0.5, 0.6) is 0 Å². The number of esters is 1. The maximum Gasteiger partial charge on any atom is 0.310 e. The van der Waals surface area contributed by atoms with Crippen LogP contribution in [-0.4, -0.2) is 32.3 Å². The lowest BCUT2D eigenvalue weighted by molar-refractivity contribution is -0.149. The number of nitrogens with zero attached hydrogens (tertiary/aromatic N) is 3. The summed E-state index contributed by atoms with van der Waals surface area (Å²) < 4.78 is 10.0. The summed E-state index contributed by atoms with van der Waals surface area (Å²) >= 11 is 0. The van der Waals surface area contributed by atoms with E-state index < -0.39 is 11.9 Å². The molecule has 0 fully saturated rings. The number of terminal acetylenes is 2. The number of azide groups is 1. The van der Waals surface area contributed by atoms with Crippen molar-refractivity contribution in [3.8, 4) is 24.7 Å². The van der Waals surface area contributed by atoms with Gasteiger partial charge in [-0.1, -0.05) is 5.11 Å². The fourth-order valence-electron chi connectivity index (χ4n) is 1.09. The third kappa shape index (κ3) is 8.06. The molecule has 0 unspecified atom stereocenters. The topological polar surface area (TPSA) is 84.3 Å². The van der Waals surface area contributed by atoms with Gasteiger partial charge >= 0.3 is 5.97 Å². The largest absolute Gasteiger partial charge is 0.463 e. The Bertz CT molecular complexity index is 359. The molecular weight excluding hydrogens is 234 g/mol. The van der Waals surface area contributed by atoms with E-state index in [9.17, 15) is 4.79 Å². The van der Waals surface area contributed by atoms with E-state index in [1.807, 2.05) is 0 Å². The van der Waals surface area contributed by atoms with Crippen LogP contribution < -0.4 is 0 Å². The molecule has 0 aliphatic heterocycles. The molecule has 0 aliphatic carbocycles. The van der Waals surface area contributed by atoms with Crippen LogP contribution in [0.25, 0.3) is 10.4 Å². The van der Waals surface area contributed by atoms with Gasteiger partial charge in [0.05, 0.1) is 19.1 Å². The number of carbonyl (C=O) groups is 1. The molecule has 6 nitrogen and oxygen atoms in total. The predicted octanol–water partition coefficient (Wildman–Crippen LogP) is 1.52. The molecule has 0 N–H and O–H groups in total. The Balaban J connectivity index is 3.71. The van der Waals surface area contributed by atoms with Gasteiger partial charge in [-0.3, -0.25) is 4.79 Å². The van der Waals surface area contributed by atoms with Gasteiger partial charge in [0.2, 0.25) is 0 Å². The first kappa shape index (κ1) is 15.9. The Morgan fingerprint density at radius 2 is 1.94 bits per heavy atom. The molecule has 0 heterocycles. The summed E-state index contributed by atoms with van der Waals surface area (Å²) in [7, 11) is 0. The van der Waals surface area contributed by atoms with Crippen LogP contribution in [0.4, 0.5) is 0 Å². The predicted molar refractivity (Wildman–Crippen MR) is 66.2 cm³/mol. The Morgan fingerprint density at radius 1 is 1.28 bits per heavy atom. The molecule has 0 aromatic carbocycles. The van der Waals surface area contributed by atoms with Crippen molar-refractivity contribution in [3.63, 3.8) is 0 Å². The maximum atomic E-state index is 11.5. The van der Waals surface area contributed by atoms with E-state index in [-0.39, 0.29) is 32.6 Å². The molecule has 0 amide bonds. The second kappa shape index (κ2) is 11.3. The molecule has 0 saturated heterocycles. The molecule has 6 heteroatoms. The lowest BCUT2D eigenvalue weighted by Crippen LogP contribution is -2.19. The smallest absolute Gasteiger partial charge is 0.310 e.